The van der Waals surface area contributed by atoms with Crippen molar-refractivity contribution in [3.8, 4) is 11.5 Å². The molecule has 0 aliphatic carbocycles. The molecule has 0 saturated heterocycles. The molecule has 3 rings (SSSR count). The van der Waals surface area contributed by atoms with E-state index in [9.17, 15) is 14.9 Å². The molecule has 116 valence electrons. The minimum absolute atomic E-state index is 0.123. The van der Waals surface area contributed by atoms with Crippen LogP contribution >= 0.6 is 0 Å². The zero-order valence-electron chi connectivity index (χ0n) is 11.9. The van der Waals surface area contributed by atoms with Gasteiger partial charge in [-0.1, -0.05) is 30.3 Å². The summed E-state index contributed by atoms with van der Waals surface area (Å²) in [6, 6.07) is 12.1. The molecule has 0 fully saturated rings. The van der Waals surface area contributed by atoms with Crippen LogP contribution in [0.1, 0.15) is 15.9 Å². The molecule has 0 saturated carbocycles. The number of nitro groups is 1. The first kappa shape index (κ1) is 14.5. The number of hydrogen-bond acceptors (Lipinski definition) is 5. The Hall–Kier alpha value is -3.42. The van der Waals surface area contributed by atoms with Gasteiger partial charge in [0.15, 0.2) is 5.76 Å². The van der Waals surface area contributed by atoms with Crippen LogP contribution in [0, 0.1) is 10.1 Å². The predicted octanol–water partition coefficient (Wildman–Crippen LogP) is 2.20. The zero-order valence-corrected chi connectivity index (χ0v) is 11.9. The van der Waals surface area contributed by atoms with Crippen molar-refractivity contribution in [3.63, 3.8) is 0 Å². The summed E-state index contributed by atoms with van der Waals surface area (Å²) in [5, 5.41) is 15.0. The van der Waals surface area contributed by atoms with E-state index in [4.69, 9.17) is 10.2 Å². The lowest BCUT2D eigenvalue weighted by Gasteiger charge is -2.00. The van der Waals surface area contributed by atoms with Crippen molar-refractivity contribution < 1.29 is 14.1 Å². The van der Waals surface area contributed by atoms with Gasteiger partial charge in [-0.15, -0.1) is 0 Å². The summed E-state index contributed by atoms with van der Waals surface area (Å²) in [6.45, 7) is 0.434. The third-order valence-electron chi connectivity index (χ3n) is 3.22. The number of hydrogen-bond donors (Lipinski definition) is 1. The fourth-order valence-electron chi connectivity index (χ4n) is 2.19. The first-order valence-electron chi connectivity index (χ1n) is 6.70. The van der Waals surface area contributed by atoms with Crippen LogP contribution in [0.15, 0.2) is 53.1 Å². The number of carbonyl (C=O) groups is 1. The summed E-state index contributed by atoms with van der Waals surface area (Å²) in [7, 11) is 0. The van der Waals surface area contributed by atoms with Crippen molar-refractivity contribution in [3.05, 3.63) is 69.9 Å². The molecule has 0 aliphatic heterocycles. The SMILES string of the molecule is NC(=O)c1cn(Cc2ccccc2)nc1-c1ccc([N+](=O)[O-])o1. The molecule has 1 amide bonds. The predicted molar refractivity (Wildman–Crippen MR) is 80.6 cm³/mol. The molecule has 1 aromatic carbocycles. The molecule has 23 heavy (non-hydrogen) atoms. The van der Waals surface area contributed by atoms with Crippen molar-refractivity contribution in [1.29, 1.82) is 0 Å². The highest BCUT2D eigenvalue weighted by Crippen LogP contribution is 2.27. The van der Waals surface area contributed by atoms with Crippen molar-refractivity contribution in [2.45, 2.75) is 6.54 Å². The molecule has 0 bridgehead atoms. The maximum Gasteiger partial charge on any atom is 0.433 e. The number of benzene rings is 1. The number of furan rings is 1. The van der Waals surface area contributed by atoms with E-state index in [-0.39, 0.29) is 17.0 Å². The van der Waals surface area contributed by atoms with Gasteiger partial charge in [-0.2, -0.15) is 5.10 Å². The van der Waals surface area contributed by atoms with Crippen LogP contribution in [-0.4, -0.2) is 20.6 Å². The van der Waals surface area contributed by atoms with E-state index in [1.165, 1.54) is 18.3 Å². The summed E-state index contributed by atoms with van der Waals surface area (Å²) in [4.78, 5) is 21.6. The van der Waals surface area contributed by atoms with E-state index in [2.05, 4.69) is 5.10 Å². The highest BCUT2D eigenvalue weighted by molar-refractivity contribution is 5.98. The topological polar surface area (TPSA) is 117 Å². The smallest absolute Gasteiger partial charge is 0.399 e. The number of aromatic nitrogens is 2. The van der Waals surface area contributed by atoms with Gasteiger partial charge in [-0.25, -0.2) is 0 Å². The second-order valence-corrected chi connectivity index (χ2v) is 4.83. The Morgan fingerprint density at radius 1 is 1.26 bits per heavy atom. The van der Waals surface area contributed by atoms with E-state index >= 15 is 0 Å². The van der Waals surface area contributed by atoms with E-state index in [0.29, 0.717) is 6.54 Å². The van der Waals surface area contributed by atoms with Crippen LogP contribution in [0.2, 0.25) is 0 Å². The quantitative estimate of drug-likeness (QED) is 0.572. The van der Waals surface area contributed by atoms with E-state index in [1.54, 1.807) is 4.68 Å². The molecule has 0 atom stereocenters. The summed E-state index contributed by atoms with van der Waals surface area (Å²) in [5.41, 5.74) is 6.67. The normalized spacial score (nSPS) is 10.6. The monoisotopic (exact) mass is 312 g/mol. The highest BCUT2D eigenvalue weighted by Gasteiger charge is 2.21. The molecular weight excluding hydrogens is 300 g/mol. The van der Waals surface area contributed by atoms with Gasteiger partial charge < -0.3 is 10.2 Å². The number of primary amides is 1. The van der Waals surface area contributed by atoms with Crippen LogP contribution in [0.4, 0.5) is 5.88 Å². The van der Waals surface area contributed by atoms with Gasteiger partial charge in [-0.3, -0.25) is 19.6 Å². The van der Waals surface area contributed by atoms with Crippen LogP contribution < -0.4 is 5.73 Å². The minimum Gasteiger partial charge on any atom is -0.399 e. The summed E-state index contributed by atoms with van der Waals surface area (Å²) in [5.74, 6) is -0.983. The second-order valence-electron chi connectivity index (χ2n) is 4.83. The van der Waals surface area contributed by atoms with Crippen molar-refractivity contribution in [1.82, 2.24) is 9.78 Å². The first-order chi connectivity index (χ1) is 11.0. The first-order valence-corrected chi connectivity index (χ1v) is 6.70. The van der Waals surface area contributed by atoms with Gasteiger partial charge >= 0.3 is 5.88 Å². The zero-order chi connectivity index (χ0) is 16.4. The van der Waals surface area contributed by atoms with E-state index in [1.807, 2.05) is 30.3 Å². The van der Waals surface area contributed by atoms with Gasteiger partial charge in [0, 0.05) is 6.20 Å². The van der Waals surface area contributed by atoms with E-state index < -0.39 is 16.7 Å². The number of nitrogens with zero attached hydrogens (tertiary/aromatic N) is 3. The molecular formula is C15H12N4O4. The van der Waals surface area contributed by atoms with Crippen LogP contribution in [0.25, 0.3) is 11.5 Å². The lowest BCUT2D eigenvalue weighted by molar-refractivity contribution is -0.401. The number of amides is 1. The van der Waals surface area contributed by atoms with Gasteiger partial charge in [0.1, 0.15) is 10.6 Å². The van der Waals surface area contributed by atoms with Crippen molar-refractivity contribution in [2.75, 3.05) is 0 Å². The molecule has 0 spiro atoms. The lowest BCUT2D eigenvalue weighted by Crippen LogP contribution is -2.11. The average molecular weight is 312 g/mol. The fraction of sp³-hybridized carbons (Fsp3) is 0.0667. The molecule has 8 nitrogen and oxygen atoms in total. The Morgan fingerprint density at radius 2 is 2.00 bits per heavy atom. The Morgan fingerprint density at radius 3 is 2.61 bits per heavy atom. The Labute approximate surface area is 130 Å². The third-order valence-corrected chi connectivity index (χ3v) is 3.22. The molecule has 2 aromatic heterocycles. The summed E-state index contributed by atoms with van der Waals surface area (Å²) >= 11 is 0. The molecule has 0 unspecified atom stereocenters. The minimum atomic E-state index is -0.682. The maximum atomic E-state index is 11.6. The number of nitrogens with two attached hydrogens (primary N) is 1. The molecule has 8 heteroatoms. The second kappa shape index (κ2) is 5.76. The molecule has 3 aromatic rings. The third kappa shape index (κ3) is 2.95. The maximum absolute atomic E-state index is 11.6. The van der Waals surface area contributed by atoms with E-state index in [0.717, 1.165) is 5.56 Å². The number of rotatable bonds is 5. The van der Waals surface area contributed by atoms with Gasteiger partial charge in [-0.05, 0) is 11.6 Å². The highest BCUT2D eigenvalue weighted by atomic mass is 16.6. The van der Waals surface area contributed by atoms with Gasteiger partial charge in [0.25, 0.3) is 5.91 Å². The van der Waals surface area contributed by atoms with Gasteiger partial charge in [0.05, 0.1) is 18.2 Å². The van der Waals surface area contributed by atoms with Crippen LogP contribution in [0.5, 0.6) is 0 Å². The fourth-order valence-corrected chi connectivity index (χ4v) is 2.19. The lowest BCUT2D eigenvalue weighted by atomic mass is 10.2. The Balaban J connectivity index is 1.98. The van der Waals surface area contributed by atoms with Gasteiger partial charge in [0.2, 0.25) is 0 Å². The summed E-state index contributed by atoms with van der Waals surface area (Å²) in [6.07, 6.45) is 1.50. The molecule has 0 radical (unpaired) electrons. The molecule has 2 N–H and O–H groups in total. The Kier molecular flexibility index (Phi) is 3.63. The molecule has 0 aliphatic rings. The van der Waals surface area contributed by atoms with Crippen LogP contribution in [-0.2, 0) is 6.54 Å². The standard InChI is InChI=1S/C15H12N4O4/c16-15(20)11-9-18(8-10-4-2-1-3-5-10)17-14(11)12-6-7-13(23-12)19(21)22/h1-7,9H,8H2,(H2,16,20). The summed E-state index contributed by atoms with van der Waals surface area (Å²) < 4.78 is 6.64. The molecule has 2 heterocycles. The average Bonchev–Trinajstić information content (AvgIpc) is 3.14. The Bertz CT molecular complexity index is 867. The van der Waals surface area contributed by atoms with Crippen LogP contribution in [0.3, 0.4) is 0 Å². The van der Waals surface area contributed by atoms with Crippen molar-refractivity contribution in [2.24, 2.45) is 5.73 Å². The largest absolute Gasteiger partial charge is 0.433 e. The number of carbonyl (C=O) groups excluding carboxylic acids is 1. The van der Waals surface area contributed by atoms with Crippen molar-refractivity contribution >= 4 is 11.8 Å².